The van der Waals surface area contributed by atoms with Crippen molar-refractivity contribution in [3.05, 3.63) is 78.5 Å². The van der Waals surface area contributed by atoms with Crippen LogP contribution in [-0.4, -0.2) is 49.9 Å². The van der Waals surface area contributed by atoms with Crippen LogP contribution in [0.2, 0.25) is 0 Å². The van der Waals surface area contributed by atoms with Crippen LogP contribution in [-0.2, 0) is 21.4 Å². The number of hydrogen-bond acceptors (Lipinski definition) is 6. The fourth-order valence-electron chi connectivity index (χ4n) is 4.45. The molecule has 8 nitrogen and oxygen atoms in total. The summed E-state index contributed by atoms with van der Waals surface area (Å²) >= 11 is 0. The smallest absolute Gasteiger partial charge is 0.243 e. The molecule has 1 aromatic heterocycles. The molecule has 0 unspecified atom stereocenters. The number of pyridine rings is 1. The second kappa shape index (κ2) is 10.1. The van der Waals surface area contributed by atoms with E-state index in [9.17, 15) is 13.2 Å². The average molecular weight is 494 g/mol. The molecule has 182 valence electrons. The molecule has 3 heterocycles. The fourth-order valence-corrected chi connectivity index (χ4v) is 5.93. The van der Waals surface area contributed by atoms with E-state index >= 15 is 0 Å². The van der Waals surface area contributed by atoms with Crippen LogP contribution in [0, 0.1) is 5.92 Å². The van der Waals surface area contributed by atoms with Crippen molar-refractivity contribution in [1.82, 2.24) is 9.29 Å². The summed E-state index contributed by atoms with van der Waals surface area (Å²) in [7, 11) is -3.71. The van der Waals surface area contributed by atoms with E-state index in [4.69, 9.17) is 9.47 Å². The van der Waals surface area contributed by atoms with E-state index in [1.807, 2.05) is 48.5 Å². The third-order valence-electron chi connectivity index (χ3n) is 6.33. The molecule has 0 spiro atoms. The van der Waals surface area contributed by atoms with Crippen molar-refractivity contribution in [2.24, 2.45) is 5.92 Å². The Kier molecular flexibility index (Phi) is 6.70. The molecule has 2 aromatic carbocycles. The SMILES string of the molecule is O=C(C1CCN(S(=O)(=O)c2ccc3c(c2)OCCO3)CC1)N(Cc1ccccc1)c1ccccn1. The number of benzene rings is 2. The van der Waals surface area contributed by atoms with E-state index in [1.54, 1.807) is 23.2 Å². The molecule has 0 bridgehead atoms. The van der Waals surface area contributed by atoms with Crippen LogP contribution in [0.5, 0.6) is 11.5 Å². The van der Waals surface area contributed by atoms with Crippen LogP contribution in [0.15, 0.2) is 77.8 Å². The Labute approximate surface area is 205 Å². The van der Waals surface area contributed by atoms with Gasteiger partial charge in [0.25, 0.3) is 0 Å². The molecule has 1 amide bonds. The minimum absolute atomic E-state index is 0.0380. The van der Waals surface area contributed by atoms with E-state index in [0.29, 0.717) is 49.9 Å². The largest absolute Gasteiger partial charge is 0.486 e. The van der Waals surface area contributed by atoms with Gasteiger partial charge >= 0.3 is 0 Å². The number of sulfonamides is 1. The highest BCUT2D eigenvalue weighted by Crippen LogP contribution is 2.34. The zero-order chi connectivity index (χ0) is 24.3. The van der Waals surface area contributed by atoms with E-state index in [0.717, 1.165) is 5.56 Å². The number of fused-ring (bicyclic) bond motifs is 1. The number of ether oxygens (including phenoxy) is 2. The van der Waals surface area contributed by atoms with Gasteiger partial charge in [0.2, 0.25) is 15.9 Å². The first-order valence-electron chi connectivity index (χ1n) is 11.7. The average Bonchev–Trinajstić information content (AvgIpc) is 2.92. The van der Waals surface area contributed by atoms with Gasteiger partial charge in [-0.2, -0.15) is 4.31 Å². The Morgan fingerprint density at radius 2 is 1.66 bits per heavy atom. The summed E-state index contributed by atoms with van der Waals surface area (Å²) in [6, 6.07) is 20.0. The quantitative estimate of drug-likeness (QED) is 0.522. The number of piperidine rings is 1. The molecular formula is C26H27N3O5S. The highest BCUT2D eigenvalue weighted by Gasteiger charge is 2.35. The van der Waals surface area contributed by atoms with Crippen molar-refractivity contribution in [3.8, 4) is 11.5 Å². The molecule has 2 aliphatic rings. The first-order chi connectivity index (χ1) is 17.0. The van der Waals surface area contributed by atoms with Gasteiger partial charge < -0.3 is 9.47 Å². The molecule has 35 heavy (non-hydrogen) atoms. The molecule has 0 saturated carbocycles. The lowest BCUT2D eigenvalue weighted by Gasteiger charge is -2.33. The standard InChI is InChI=1S/C26H27N3O5S/c30-26(29(25-8-4-5-13-27-25)19-20-6-2-1-3-7-20)21-11-14-28(15-12-21)35(31,32)22-9-10-23-24(18-22)34-17-16-33-23/h1-10,13,18,21H,11-12,14-17,19H2. The molecule has 2 aliphatic heterocycles. The summed E-state index contributed by atoms with van der Waals surface area (Å²) in [5, 5.41) is 0. The van der Waals surface area contributed by atoms with Crippen LogP contribution in [0.1, 0.15) is 18.4 Å². The van der Waals surface area contributed by atoms with Crippen molar-refractivity contribution < 1.29 is 22.7 Å². The van der Waals surface area contributed by atoms with Crippen molar-refractivity contribution in [2.75, 3.05) is 31.2 Å². The number of carbonyl (C=O) groups is 1. The normalized spacial score (nSPS) is 16.6. The zero-order valence-corrected chi connectivity index (χ0v) is 20.1. The lowest BCUT2D eigenvalue weighted by atomic mass is 9.96. The van der Waals surface area contributed by atoms with Gasteiger partial charge in [0, 0.05) is 31.3 Å². The summed E-state index contributed by atoms with van der Waals surface area (Å²) in [5.74, 6) is 1.26. The molecule has 0 aliphatic carbocycles. The monoisotopic (exact) mass is 493 g/mol. The van der Waals surface area contributed by atoms with E-state index < -0.39 is 10.0 Å². The van der Waals surface area contributed by atoms with Gasteiger partial charge in [-0.05, 0) is 42.7 Å². The second-order valence-corrected chi connectivity index (χ2v) is 10.5. The predicted molar refractivity (Wildman–Crippen MR) is 131 cm³/mol. The zero-order valence-electron chi connectivity index (χ0n) is 19.2. The van der Waals surface area contributed by atoms with Crippen LogP contribution in [0.25, 0.3) is 0 Å². The van der Waals surface area contributed by atoms with Gasteiger partial charge in [-0.3, -0.25) is 9.69 Å². The fraction of sp³-hybridized carbons (Fsp3) is 0.308. The summed E-state index contributed by atoms with van der Waals surface area (Å²) in [4.78, 5) is 19.8. The van der Waals surface area contributed by atoms with E-state index in [-0.39, 0.29) is 29.8 Å². The number of anilines is 1. The van der Waals surface area contributed by atoms with Crippen molar-refractivity contribution in [1.29, 1.82) is 0 Å². The third kappa shape index (κ3) is 5.01. The molecule has 1 fully saturated rings. The second-order valence-electron chi connectivity index (χ2n) is 8.58. The van der Waals surface area contributed by atoms with Crippen LogP contribution in [0.4, 0.5) is 5.82 Å². The predicted octanol–water partition coefficient (Wildman–Crippen LogP) is 3.49. The molecule has 0 N–H and O–H groups in total. The Morgan fingerprint density at radius 3 is 2.37 bits per heavy atom. The molecule has 3 aromatic rings. The van der Waals surface area contributed by atoms with Gasteiger partial charge in [0.15, 0.2) is 11.5 Å². The van der Waals surface area contributed by atoms with Crippen molar-refractivity contribution in [3.63, 3.8) is 0 Å². The van der Waals surface area contributed by atoms with E-state index in [2.05, 4.69) is 4.98 Å². The number of aromatic nitrogens is 1. The highest BCUT2D eigenvalue weighted by molar-refractivity contribution is 7.89. The molecule has 5 rings (SSSR count). The maximum atomic E-state index is 13.6. The maximum absolute atomic E-state index is 13.6. The van der Waals surface area contributed by atoms with Crippen molar-refractivity contribution >= 4 is 21.7 Å². The summed E-state index contributed by atoms with van der Waals surface area (Å²) in [5.41, 5.74) is 1.00. The maximum Gasteiger partial charge on any atom is 0.243 e. The van der Waals surface area contributed by atoms with Gasteiger partial charge in [-0.1, -0.05) is 36.4 Å². The molecule has 1 saturated heterocycles. The Balaban J connectivity index is 1.30. The molecule has 9 heteroatoms. The summed E-state index contributed by atoms with van der Waals surface area (Å²) < 4.78 is 39.0. The first kappa shape index (κ1) is 23.3. The van der Waals surface area contributed by atoms with Crippen LogP contribution >= 0.6 is 0 Å². The highest BCUT2D eigenvalue weighted by atomic mass is 32.2. The van der Waals surface area contributed by atoms with E-state index in [1.165, 1.54) is 10.4 Å². The number of rotatable bonds is 6. The third-order valence-corrected chi connectivity index (χ3v) is 8.22. The summed E-state index contributed by atoms with van der Waals surface area (Å²) in [6.45, 7) is 1.79. The van der Waals surface area contributed by atoms with Gasteiger partial charge in [0.1, 0.15) is 19.0 Å². The number of carbonyl (C=O) groups excluding carboxylic acids is 1. The number of nitrogens with zero attached hydrogens (tertiary/aromatic N) is 3. The van der Waals surface area contributed by atoms with Gasteiger partial charge in [0.05, 0.1) is 11.4 Å². The minimum Gasteiger partial charge on any atom is -0.486 e. The Bertz CT molecular complexity index is 1280. The molecule has 0 radical (unpaired) electrons. The Morgan fingerprint density at radius 1 is 0.943 bits per heavy atom. The van der Waals surface area contributed by atoms with Crippen molar-refractivity contribution in [2.45, 2.75) is 24.3 Å². The lowest BCUT2D eigenvalue weighted by Crippen LogP contribution is -2.44. The number of amides is 1. The lowest BCUT2D eigenvalue weighted by molar-refractivity contribution is -0.123. The summed E-state index contributed by atoms with van der Waals surface area (Å²) in [6.07, 6.45) is 2.56. The Hall–Kier alpha value is -3.43. The van der Waals surface area contributed by atoms with Crippen LogP contribution < -0.4 is 14.4 Å². The minimum atomic E-state index is -3.71. The molecule has 0 atom stereocenters. The number of hydrogen-bond donors (Lipinski definition) is 0. The van der Waals surface area contributed by atoms with Crippen LogP contribution in [0.3, 0.4) is 0 Å². The topological polar surface area (TPSA) is 89.0 Å². The van der Waals surface area contributed by atoms with Gasteiger partial charge in [-0.15, -0.1) is 0 Å². The first-order valence-corrected chi connectivity index (χ1v) is 13.1. The van der Waals surface area contributed by atoms with Gasteiger partial charge in [-0.25, -0.2) is 13.4 Å². The molecular weight excluding hydrogens is 466 g/mol.